The van der Waals surface area contributed by atoms with Gasteiger partial charge in [0.2, 0.25) is 0 Å². The lowest BCUT2D eigenvalue weighted by Crippen LogP contribution is -2.35. The Morgan fingerprint density at radius 1 is 1.56 bits per heavy atom. The first-order valence-corrected chi connectivity index (χ1v) is 5.18. The average Bonchev–Trinajstić information content (AvgIpc) is 2.69. The summed E-state index contributed by atoms with van der Waals surface area (Å²) in [4.78, 5) is 7.91. The molecular weight excluding hydrogens is 245 g/mol. The SMILES string of the molecule is OC1(CC(F)(F)F)N=C(c2ccsc2)NO1. The van der Waals surface area contributed by atoms with Crippen molar-refractivity contribution in [3.63, 3.8) is 0 Å². The Bertz CT molecular complexity index is 404. The molecular formula is C8H7F3N2O2S. The molecule has 0 fully saturated rings. The maximum Gasteiger partial charge on any atom is 0.396 e. The molecule has 0 saturated heterocycles. The van der Waals surface area contributed by atoms with Crippen LogP contribution >= 0.6 is 11.3 Å². The van der Waals surface area contributed by atoms with Crippen LogP contribution in [0.15, 0.2) is 21.8 Å². The average molecular weight is 252 g/mol. The van der Waals surface area contributed by atoms with Crippen LogP contribution in [0.3, 0.4) is 0 Å². The third kappa shape index (κ3) is 2.52. The number of hydrogen-bond acceptors (Lipinski definition) is 5. The molecule has 0 amide bonds. The van der Waals surface area contributed by atoms with Crippen molar-refractivity contribution in [1.29, 1.82) is 0 Å². The van der Waals surface area contributed by atoms with Crippen LogP contribution in [0.25, 0.3) is 0 Å². The van der Waals surface area contributed by atoms with Gasteiger partial charge in [-0.15, -0.1) is 0 Å². The number of rotatable bonds is 2. The highest BCUT2D eigenvalue weighted by Gasteiger charge is 2.46. The standard InChI is InChI=1S/C8H7F3N2O2S/c9-7(10,11)4-8(14)12-6(13-15-8)5-1-2-16-3-5/h1-3,14H,4H2,(H,12,13). The molecule has 0 spiro atoms. The second kappa shape index (κ2) is 3.72. The quantitative estimate of drug-likeness (QED) is 0.841. The third-order valence-electron chi connectivity index (χ3n) is 1.82. The van der Waals surface area contributed by atoms with Gasteiger partial charge in [0.1, 0.15) is 6.42 Å². The summed E-state index contributed by atoms with van der Waals surface area (Å²) in [5.74, 6) is -2.48. The molecule has 4 nitrogen and oxygen atoms in total. The first-order chi connectivity index (χ1) is 7.38. The fourth-order valence-electron chi connectivity index (χ4n) is 1.21. The molecule has 0 aliphatic carbocycles. The van der Waals surface area contributed by atoms with E-state index in [9.17, 15) is 18.3 Å². The van der Waals surface area contributed by atoms with Gasteiger partial charge in [-0.05, 0) is 11.4 Å². The summed E-state index contributed by atoms with van der Waals surface area (Å²) in [6.45, 7) is 0. The number of aliphatic imine (C=N–C) groups is 1. The van der Waals surface area contributed by atoms with E-state index in [2.05, 4.69) is 15.3 Å². The van der Waals surface area contributed by atoms with Gasteiger partial charge in [0.15, 0.2) is 5.84 Å². The van der Waals surface area contributed by atoms with Crippen LogP contribution in [0.4, 0.5) is 13.2 Å². The number of nitrogens with one attached hydrogen (secondary N) is 1. The third-order valence-corrected chi connectivity index (χ3v) is 2.51. The predicted molar refractivity (Wildman–Crippen MR) is 50.7 cm³/mol. The molecule has 2 N–H and O–H groups in total. The molecule has 0 saturated carbocycles. The molecule has 1 aliphatic rings. The fourth-order valence-corrected chi connectivity index (χ4v) is 1.85. The molecule has 0 radical (unpaired) electrons. The first kappa shape index (κ1) is 11.4. The van der Waals surface area contributed by atoms with Gasteiger partial charge in [-0.25, -0.2) is 15.3 Å². The highest BCUT2D eigenvalue weighted by Crippen LogP contribution is 2.31. The number of amidine groups is 1. The number of hydrogen-bond donors (Lipinski definition) is 2. The second-order valence-electron chi connectivity index (χ2n) is 3.21. The largest absolute Gasteiger partial charge is 0.396 e. The summed E-state index contributed by atoms with van der Waals surface area (Å²) in [7, 11) is 0. The van der Waals surface area contributed by atoms with E-state index in [0.717, 1.165) is 0 Å². The van der Waals surface area contributed by atoms with E-state index in [1.165, 1.54) is 11.3 Å². The van der Waals surface area contributed by atoms with Crippen molar-refractivity contribution >= 4 is 17.2 Å². The molecule has 1 unspecified atom stereocenters. The maximum absolute atomic E-state index is 12.1. The monoisotopic (exact) mass is 252 g/mol. The first-order valence-electron chi connectivity index (χ1n) is 4.24. The number of thiophene rings is 1. The number of hydroxylamine groups is 1. The number of aliphatic hydroxyl groups is 1. The van der Waals surface area contributed by atoms with Gasteiger partial charge >= 0.3 is 6.18 Å². The van der Waals surface area contributed by atoms with Crippen LogP contribution in [-0.4, -0.2) is 23.0 Å². The fraction of sp³-hybridized carbons (Fsp3) is 0.375. The lowest BCUT2D eigenvalue weighted by molar-refractivity contribution is -0.266. The van der Waals surface area contributed by atoms with Gasteiger partial charge in [0.25, 0.3) is 5.91 Å². The Morgan fingerprint density at radius 3 is 2.88 bits per heavy atom. The van der Waals surface area contributed by atoms with Crippen molar-refractivity contribution in [3.05, 3.63) is 22.4 Å². The van der Waals surface area contributed by atoms with Crippen LogP contribution in [-0.2, 0) is 4.84 Å². The summed E-state index contributed by atoms with van der Waals surface area (Å²) < 4.78 is 36.3. The Kier molecular flexibility index (Phi) is 2.64. The van der Waals surface area contributed by atoms with Crippen molar-refractivity contribution in [1.82, 2.24) is 5.48 Å². The van der Waals surface area contributed by atoms with Gasteiger partial charge in [0, 0.05) is 10.9 Å². The smallest absolute Gasteiger partial charge is 0.346 e. The zero-order valence-electron chi connectivity index (χ0n) is 7.78. The summed E-state index contributed by atoms with van der Waals surface area (Å²) in [6, 6.07) is 1.65. The minimum atomic E-state index is -4.55. The van der Waals surface area contributed by atoms with Crippen LogP contribution in [0, 0.1) is 0 Å². The highest BCUT2D eigenvalue weighted by atomic mass is 32.1. The van der Waals surface area contributed by atoms with E-state index >= 15 is 0 Å². The maximum atomic E-state index is 12.1. The molecule has 1 aromatic heterocycles. The van der Waals surface area contributed by atoms with Crippen molar-refractivity contribution < 1.29 is 23.1 Å². The normalized spacial score (nSPS) is 25.4. The lowest BCUT2D eigenvalue weighted by Gasteiger charge is -2.17. The lowest BCUT2D eigenvalue weighted by atomic mass is 10.3. The van der Waals surface area contributed by atoms with Crippen molar-refractivity contribution in [2.75, 3.05) is 0 Å². The minimum absolute atomic E-state index is 0.0907. The molecule has 0 bridgehead atoms. The number of alkyl halides is 3. The zero-order chi connectivity index (χ0) is 11.8. The van der Waals surface area contributed by atoms with Crippen LogP contribution in [0.5, 0.6) is 0 Å². The summed E-state index contributed by atoms with van der Waals surface area (Å²) in [5.41, 5.74) is 2.75. The zero-order valence-corrected chi connectivity index (χ0v) is 8.60. The predicted octanol–water partition coefficient (Wildman–Crippen LogP) is 1.63. The molecule has 16 heavy (non-hydrogen) atoms. The van der Waals surface area contributed by atoms with Crippen LogP contribution < -0.4 is 5.48 Å². The second-order valence-corrected chi connectivity index (χ2v) is 3.99. The molecule has 1 atom stereocenters. The minimum Gasteiger partial charge on any atom is -0.346 e. The van der Waals surface area contributed by atoms with E-state index in [4.69, 9.17) is 0 Å². The van der Waals surface area contributed by atoms with Crippen LogP contribution in [0.1, 0.15) is 12.0 Å². The Hall–Kier alpha value is -1.12. The van der Waals surface area contributed by atoms with Crippen LogP contribution in [0.2, 0.25) is 0 Å². The Balaban J connectivity index is 2.16. The van der Waals surface area contributed by atoms with Gasteiger partial charge < -0.3 is 5.11 Å². The molecule has 2 rings (SSSR count). The van der Waals surface area contributed by atoms with E-state index in [-0.39, 0.29) is 5.84 Å². The Labute approximate surface area is 92.3 Å². The van der Waals surface area contributed by atoms with Crippen molar-refractivity contribution in [2.45, 2.75) is 18.5 Å². The number of halogens is 3. The highest BCUT2D eigenvalue weighted by molar-refractivity contribution is 7.08. The van der Waals surface area contributed by atoms with Gasteiger partial charge in [-0.1, -0.05) is 0 Å². The summed E-state index contributed by atoms with van der Waals surface area (Å²) in [5, 5.41) is 12.8. The van der Waals surface area contributed by atoms with E-state index in [1.54, 1.807) is 16.8 Å². The summed E-state index contributed by atoms with van der Waals surface area (Å²) in [6.07, 6.45) is -6.11. The topological polar surface area (TPSA) is 53.9 Å². The van der Waals surface area contributed by atoms with Gasteiger partial charge in [-0.3, -0.25) is 0 Å². The molecule has 2 heterocycles. The van der Waals surface area contributed by atoms with E-state index in [1.807, 2.05) is 0 Å². The molecule has 8 heteroatoms. The van der Waals surface area contributed by atoms with Crippen molar-refractivity contribution in [3.8, 4) is 0 Å². The molecule has 88 valence electrons. The van der Waals surface area contributed by atoms with E-state index < -0.39 is 18.5 Å². The molecule has 0 aromatic carbocycles. The molecule has 1 aliphatic heterocycles. The van der Waals surface area contributed by atoms with E-state index in [0.29, 0.717) is 5.56 Å². The van der Waals surface area contributed by atoms with Crippen molar-refractivity contribution in [2.24, 2.45) is 4.99 Å². The summed E-state index contributed by atoms with van der Waals surface area (Å²) >= 11 is 1.36. The number of nitrogens with zero attached hydrogens (tertiary/aromatic N) is 1. The van der Waals surface area contributed by atoms with Gasteiger partial charge in [0.05, 0.1) is 0 Å². The van der Waals surface area contributed by atoms with Gasteiger partial charge in [-0.2, -0.15) is 24.5 Å². The molecule has 1 aromatic rings. The Morgan fingerprint density at radius 2 is 2.31 bits per heavy atom.